The van der Waals surface area contributed by atoms with Gasteiger partial charge in [0, 0.05) is 5.33 Å². The molecule has 1 radical (unpaired) electrons. The van der Waals surface area contributed by atoms with E-state index in [0.717, 1.165) is 5.92 Å². The number of rotatable bonds is 8. The number of alkyl halides is 1. The van der Waals surface area contributed by atoms with Gasteiger partial charge in [-0.05, 0) is 11.1 Å². The lowest BCUT2D eigenvalue weighted by molar-refractivity contribution is 0.523. The molecule has 4 rings (SSSR count). The van der Waals surface area contributed by atoms with Crippen LogP contribution in [0.1, 0.15) is 58.3 Å². The zero-order chi connectivity index (χ0) is 21.6. The number of hydrogen-bond acceptors (Lipinski definition) is 0. The minimum Gasteiger partial charge on any atom is -0.0925 e. The Morgan fingerprint density at radius 1 is 0.806 bits per heavy atom. The van der Waals surface area contributed by atoms with Gasteiger partial charge in [-0.25, -0.2) is 0 Å². The third-order valence-electron chi connectivity index (χ3n) is 8.47. The summed E-state index contributed by atoms with van der Waals surface area (Å²) in [6.45, 7) is 2.37. The van der Waals surface area contributed by atoms with Crippen LogP contribution in [0, 0.1) is 11.1 Å². The van der Waals surface area contributed by atoms with Crippen molar-refractivity contribution in [3.05, 3.63) is 65.8 Å². The number of hydrogen-bond donors (Lipinski definition) is 0. The van der Waals surface area contributed by atoms with Crippen LogP contribution >= 0.6 is 15.9 Å². The van der Waals surface area contributed by atoms with Gasteiger partial charge in [-0.1, -0.05) is 169 Å². The highest BCUT2D eigenvalue weighted by Crippen LogP contribution is 2.49. The Hall–Kier alpha value is -0.646. The molecule has 0 spiro atoms. The molecule has 2 aliphatic rings. The summed E-state index contributed by atoms with van der Waals surface area (Å²) < 4.78 is 0. The number of benzene rings is 2. The SMILES string of the molecule is CCCCC[Si]1(c2ccccc2)CCCC[C]1[Si]1(c2ccccc2)CCC(CBr)CC1. The van der Waals surface area contributed by atoms with Crippen LogP contribution in [-0.4, -0.2) is 21.5 Å². The van der Waals surface area contributed by atoms with Gasteiger partial charge in [0.1, 0.15) is 0 Å². The molecule has 0 nitrogen and oxygen atoms in total. The van der Waals surface area contributed by atoms with E-state index >= 15 is 0 Å². The fourth-order valence-electron chi connectivity index (χ4n) is 6.84. The Morgan fingerprint density at radius 3 is 2.06 bits per heavy atom. The second-order valence-electron chi connectivity index (χ2n) is 10.1. The van der Waals surface area contributed by atoms with E-state index in [0.29, 0.717) is 0 Å². The summed E-state index contributed by atoms with van der Waals surface area (Å²) in [6, 6.07) is 29.9. The summed E-state index contributed by atoms with van der Waals surface area (Å²) >= 11 is 3.82. The van der Waals surface area contributed by atoms with E-state index in [1.807, 2.05) is 0 Å². The predicted octanol–water partition coefficient (Wildman–Crippen LogP) is 7.53. The fraction of sp³-hybridized carbons (Fsp3) is 0.536. The van der Waals surface area contributed by atoms with Crippen LogP contribution in [0.25, 0.3) is 0 Å². The summed E-state index contributed by atoms with van der Waals surface area (Å²) in [4.78, 5) is 0. The molecule has 2 saturated heterocycles. The molecule has 2 aromatic carbocycles. The zero-order valence-corrected chi connectivity index (χ0v) is 23.0. The van der Waals surface area contributed by atoms with E-state index in [4.69, 9.17) is 0 Å². The van der Waals surface area contributed by atoms with Crippen molar-refractivity contribution < 1.29 is 0 Å². The Morgan fingerprint density at radius 2 is 1.45 bits per heavy atom. The Balaban J connectivity index is 1.80. The lowest BCUT2D eigenvalue weighted by Gasteiger charge is -2.54. The monoisotopic (exact) mass is 511 g/mol. The van der Waals surface area contributed by atoms with Gasteiger partial charge >= 0.3 is 0 Å². The molecule has 1 unspecified atom stereocenters. The Bertz CT molecular complexity index is 738. The molecule has 3 heteroatoms. The summed E-state index contributed by atoms with van der Waals surface area (Å²) in [6.07, 6.45) is 11.4. The van der Waals surface area contributed by atoms with E-state index < -0.39 is 16.1 Å². The summed E-state index contributed by atoms with van der Waals surface area (Å²) in [5, 5.41) is 6.90. The first kappa shape index (κ1) is 23.5. The third-order valence-corrected chi connectivity index (χ3v) is 22.6. The molecular weight excluding hydrogens is 472 g/mol. The second-order valence-corrected chi connectivity index (χ2v) is 20.0. The third kappa shape index (κ3) is 4.84. The van der Waals surface area contributed by atoms with E-state index in [-0.39, 0.29) is 0 Å². The molecule has 167 valence electrons. The molecule has 0 amide bonds. The minimum atomic E-state index is -1.64. The highest BCUT2D eigenvalue weighted by molar-refractivity contribution is 9.09. The van der Waals surface area contributed by atoms with Gasteiger partial charge in [-0.3, -0.25) is 0 Å². The lowest BCUT2D eigenvalue weighted by Crippen LogP contribution is -2.69. The first-order valence-electron chi connectivity index (χ1n) is 12.8. The van der Waals surface area contributed by atoms with Gasteiger partial charge in [-0.2, -0.15) is 0 Å². The molecule has 0 N–H and O–H groups in total. The normalized spacial score (nSPS) is 29.7. The van der Waals surface area contributed by atoms with Crippen LogP contribution in [-0.2, 0) is 0 Å². The molecule has 2 aliphatic heterocycles. The van der Waals surface area contributed by atoms with Gasteiger partial charge in [0.15, 0.2) is 0 Å². The van der Waals surface area contributed by atoms with Gasteiger partial charge in [0.25, 0.3) is 0 Å². The second kappa shape index (κ2) is 11.0. The fourth-order valence-corrected chi connectivity index (χ4v) is 23.6. The highest BCUT2D eigenvalue weighted by Gasteiger charge is 2.56. The van der Waals surface area contributed by atoms with E-state index in [9.17, 15) is 0 Å². The first-order valence-corrected chi connectivity index (χ1v) is 18.7. The van der Waals surface area contributed by atoms with Gasteiger partial charge in [-0.15, -0.1) is 0 Å². The van der Waals surface area contributed by atoms with Crippen molar-refractivity contribution in [2.75, 3.05) is 5.33 Å². The quantitative estimate of drug-likeness (QED) is 0.195. The lowest BCUT2D eigenvalue weighted by atomic mass is 10.1. The van der Waals surface area contributed by atoms with Crippen LogP contribution in [0.15, 0.2) is 60.7 Å². The summed E-state index contributed by atoms with van der Waals surface area (Å²) in [7, 11) is -3.27. The van der Waals surface area contributed by atoms with Crippen molar-refractivity contribution in [2.45, 2.75) is 82.5 Å². The first-order chi connectivity index (χ1) is 15.2. The largest absolute Gasteiger partial charge is 0.0925 e. The van der Waals surface area contributed by atoms with Gasteiger partial charge < -0.3 is 0 Å². The highest BCUT2D eigenvalue weighted by atomic mass is 79.9. The predicted molar refractivity (Wildman–Crippen MR) is 146 cm³/mol. The average molecular weight is 513 g/mol. The van der Waals surface area contributed by atoms with Gasteiger partial charge in [0.2, 0.25) is 0 Å². The molecule has 1 atom stereocenters. The minimum absolute atomic E-state index is 0.890. The van der Waals surface area contributed by atoms with Crippen LogP contribution < -0.4 is 10.4 Å². The Kier molecular flexibility index (Phi) is 8.33. The molecule has 31 heavy (non-hydrogen) atoms. The van der Waals surface area contributed by atoms with Crippen LogP contribution in [0.2, 0.25) is 24.2 Å². The van der Waals surface area contributed by atoms with Gasteiger partial charge in [0.05, 0.1) is 16.1 Å². The van der Waals surface area contributed by atoms with Crippen molar-refractivity contribution in [1.29, 1.82) is 0 Å². The Labute approximate surface area is 201 Å². The van der Waals surface area contributed by atoms with E-state index in [1.54, 1.807) is 10.4 Å². The molecule has 2 fully saturated rings. The van der Waals surface area contributed by atoms with Crippen molar-refractivity contribution in [1.82, 2.24) is 0 Å². The number of unbranched alkanes of at least 4 members (excludes halogenated alkanes) is 2. The zero-order valence-electron chi connectivity index (χ0n) is 19.4. The summed E-state index contributed by atoms with van der Waals surface area (Å²) in [5.74, 6) is 0.890. The maximum atomic E-state index is 3.82. The smallest absolute Gasteiger partial charge is 0.0906 e. The number of halogens is 1. The van der Waals surface area contributed by atoms with Crippen molar-refractivity contribution >= 4 is 42.5 Å². The van der Waals surface area contributed by atoms with Crippen LogP contribution in [0.3, 0.4) is 0 Å². The maximum absolute atomic E-state index is 3.82. The molecule has 0 saturated carbocycles. The molecule has 0 bridgehead atoms. The molecule has 0 aliphatic carbocycles. The van der Waals surface area contributed by atoms with E-state index in [1.165, 1.54) is 80.9 Å². The topological polar surface area (TPSA) is 0 Å². The van der Waals surface area contributed by atoms with Crippen LogP contribution in [0.5, 0.6) is 0 Å². The molecule has 2 aromatic rings. The van der Waals surface area contributed by atoms with Crippen molar-refractivity contribution in [3.8, 4) is 0 Å². The average Bonchev–Trinajstić information content (AvgIpc) is 2.85. The molecule has 2 heterocycles. The van der Waals surface area contributed by atoms with Crippen molar-refractivity contribution in [3.63, 3.8) is 0 Å². The van der Waals surface area contributed by atoms with E-state index in [2.05, 4.69) is 88.7 Å². The maximum Gasteiger partial charge on any atom is 0.0906 e. The standard InChI is InChI=1S/C28H40BrSi2/c1-2-3-11-20-30(26-13-6-4-7-14-26)21-12-10-17-28(30)31(27-15-8-5-9-16-27)22-18-25(24-29)19-23-31/h4-9,13-16,25H,2-3,10-12,17-24H2,1H3. The molecular formula is C28H40BrSi2. The van der Waals surface area contributed by atoms with Crippen molar-refractivity contribution in [2.24, 2.45) is 5.92 Å². The molecule has 0 aromatic heterocycles. The summed E-state index contributed by atoms with van der Waals surface area (Å²) in [5.41, 5.74) is 0. The van der Waals surface area contributed by atoms with Crippen LogP contribution in [0.4, 0.5) is 0 Å².